The molecule has 0 unspecified atom stereocenters. The van der Waals surface area contributed by atoms with Crippen molar-refractivity contribution in [3.63, 3.8) is 0 Å². The SMILES string of the molecule is CCCNc1ncc(CSCc2ccccc2)s1. The first-order chi connectivity index (χ1) is 8.88. The minimum atomic E-state index is 1.00. The lowest BCUT2D eigenvalue weighted by atomic mass is 10.2. The Labute approximate surface area is 117 Å². The number of rotatable bonds is 7. The zero-order chi connectivity index (χ0) is 12.6. The van der Waals surface area contributed by atoms with Crippen molar-refractivity contribution in [2.24, 2.45) is 0 Å². The summed E-state index contributed by atoms with van der Waals surface area (Å²) in [6.45, 7) is 3.17. The van der Waals surface area contributed by atoms with E-state index in [0.717, 1.165) is 29.6 Å². The van der Waals surface area contributed by atoms with Gasteiger partial charge >= 0.3 is 0 Å². The number of benzene rings is 1. The number of nitrogens with one attached hydrogen (secondary N) is 1. The maximum atomic E-state index is 4.37. The van der Waals surface area contributed by atoms with Crippen LogP contribution in [0.3, 0.4) is 0 Å². The average Bonchev–Trinajstić information content (AvgIpc) is 2.85. The highest BCUT2D eigenvalue weighted by atomic mass is 32.2. The van der Waals surface area contributed by atoms with Crippen LogP contribution >= 0.6 is 23.1 Å². The van der Waals surface area contributed by atoms with E-state index < -0.39 is 0 Å². The normalized spacial score (nSPS) is 10.5. The molecule has 0 bridgehead atoms. The number of anilines is 1. The van der Waals surface area contributed by atoms with E-state index in [0.29, 0.717) is 0 Å². The van der Waals surface area contributed by atoms with Crippen molar-refractivity contribution in [2.75, 3.05) is 11.9 Å². The first-order valence-electron chi connectivity index (χ1n) is 6.18. The molecule has 2 nitrogen and oxygen atoms in total. The lowest BCUT2D eigenvalue weighted by molar-refractivity contribution is 0.976. The van der Waals surface area contributed by atoms with Crippen LogP contribution in [0, 0.1) is 0 Å². The largest absolute Gasteiger partial charge is 0.362 e. The van der Waals surface area contributed by atoms with Gasteiger partial charge in [-0.15, -0.1) is 11.3 Å². The summed E-state index contributed by atoms with van der Waals surface area (Å²) in [7, 11) is 0. The van der Waals surface area contributed by atoms with Gasteiger partial charge in [-0.25, -0.2) is 4.98 Å². The number of thiazole rings is 1. The summed E-state index contributed by atoms with van der Waals surface area (Å²) in [5.41, 5.74) is 1.39. The minimum Gasteiger partial charge on any atom is -0.362 e. The lowest BCUT2D eigenvalue weighted by Gasteiger charge is -1.99. The predicted octanol–water partition coefficient (Wildman–Crippen LogP) is 4.40. The molecule has 96 valence electrons. The second-order valence-electron chi connectivity index (χ2n) is 4.04. The molecule has 0 spiro atoms. The van der Waals surface area contributed by atoms with Gasteiger partial charge in [0.25, 0.3) is 0 Å². The third kappa shape index (κ3) is 4.35. The maximum absolute atomic E-state index is 4.37. The van der Waals surface area contributed by atoms with E-state index in [1.54, 1.807) is 11.3 Å². The Morgan fingerprint density at radius 1 is 1.22 bits per heavy atom. The Balaban J connectivity index is 1.75. The predicted molar refractivity (Wildman–Crippen MR) is 82.3 cm³/mol. The fourth-order valence-corrected chi connectivity index (χ4v) is 3.46. The van der Waals surface area contributed by atoms with E-state index in [2.05, 4.69) is 47.6 Å². The Hall–Kier alpha value is -1.00. The molecule has 0 saturated carbocycles. The zero-order valence-electron chi connectivity index (χ0n) is 10.6. The van der Waals surface area contributed by atoms with Gasteiger partial charge < -0.3 is 5.32 Å². The number of aromatic nitrogens is 1. The fraction of sp³-hybridized carbons (Fsp3) is 0.357. The first-order valence-corrected chi connectivity index (χ1v) is 8.16. The van der Waals surface area contributed by atoms with E-state index in [-0.39, 0.29) is 0 Å². The highest BCUT2D eigenvalue weighted by Gasteiger charge is 2.01. The van der Waals surface area contributed by atoms with Crippen molar-refractivity contribution in [3.8, 4) is 0 Å². The molecule has 0 aliphatic carbocycles. The van der Waals surface area contributed by atoms with E-state index in [4.69, 9.17) is 0 Å². The molecule has 18 heavy (non-hydrogen) atoms. The van der Waals surface area contributed by atoms with Gasteiger partial charge in [0.2, 0.25) is 0 Å². The van der Waals surface area contributed by atoms with Crippen LogP contribution in [0.4, 0.5) is 5.13 Å². The molecule has 0 saturated heterocycles. The molecule has 4 heteroatoms. The number of thioether (sulfide) groups is 1. The highest BCUT2D eigenvalue weighted by Crippen LogP contribution is 2.24. The molecule has 0 aliphatic rings. The van der Waals surface area contributed by atoms with Gasteiger partial charge in [-0.3, -0.25) is 0 Å². The fourth-order valence-electron chi connectivity index (χ4n) is 1.53. The third-order valence-corrected chi connectivity index (χ3v) is 4.63. The maximum Gasteiger partial charge on any atom is 0.182 e. The summed E-state index contributed by atoms with van der Waals surface area (Å²) < 4.78 is 0. The van der Waals surface area contributed by atoms with Crippen molar-refractivity contribution < 1.29 is 0 Å². The lowest BCUT2D eigenvalue weighted by Crippen LogP contribution is -1.97. The van der Waals surface area contributed by atoms with Crippen LogP contribution < -0.4 is 5.32 Å². The monoisotopic (exact) mass is 278 g/mol. The smallest absolute Gasteiger partial charge is 0.182 e. The molecule has 0 fully saturated rings. The van der Waals surface area contributed by atoms with Gasteiger partial charge in [-0.05, 0) is 12.0 Å². The standard InChI is InChI=1S/C14H18N2S2/c1-2-8-15-14-16-9-13(18-14)11-17-10-12-6-4-3-5-7-12/h3-7,9H,2,8,10-11H2,1H3,(H,15,16). The molecule has 1 aromatic heterocycles. The van der Waals surface area contributed by atoms with Crippen molar-refractivity contribution in [3.05, 3.63) is 47.0 Å². The molecule has 2 aromatic rings. The number of nitrogens with zero attached hydrogens (tertiary/aromatic N) is 1. The molecule has 2 rings (SSSR count). The summed E-state index contributed by atoms with van der Waals surface area (Å²) in [4.78, 5) is 5.72. The van der Waals surface area contributed by atoms with Crippen molar-refractivity contribution in [1.29, 1.82) is 0 Å². The second kappa shape index (κ2) is 7.44. The summed E-state index contributed by atoms with van der Waals surface area (Å²) in [5.74, 6) is 2.11. The van der Waals surface area contributed by atoms with Gasteiger partial charge in [0.1, 0.15) is 0 Å². The van der Waals surface area contributed by atoms with E-state index in [1.807, 2.05) is 18.0 Å². The second-order valence-corrected chi connectivity index (χ2v) is 6.14. The third-order valence-electron chi connectivity index (χ3n) is 2.44. The Morgan fingerprint density at radius 3 is 2.83 bits per heavy atom. The zero-order valence-corrected chi connectivity index (χ0v) is 12.2. The van der Waals surface area contributed by atoms with Crippen molar-refractivity contribution in [1.82, 2.24) is 4.98 Å². The van der Waals surface area contributed by atoms with Crippen LogP contribution in [0.5, 0.6) is 0 Å². The molecule has 1 N–H and O–H groups in total. The minimum absolute atomic E-state index is 1.00. The van der Waals surface area contributed by atoms with Gasteiger partial charge in [-0.1, -0.05) is 37.3 Å². The summed E-state index contributed by atoms with van der Waals surface area (Å²) in [6, 6.07) is 10.6. The highest BCUT2D eigenvalue weighted by molar-refractivity contribution is 7.97. The van der Waals surface area contributed by atoms with Crippen LogP contribution in [-0.4, -0.2) is 11.5 Å². The van der Waals surface area contributed by atoms with Gasteiger partial charge in [0.15, 0.2) is 5.13 Å². The van der Waals surface area contributed by atoms with Crippen LogP contribution in [0.2, 0.25) is 0 Å². The molecule has 1 heterocycles. The number of hydrogen-bond donors (Lipinski definition) is 1. The summed E-state index contributed by atoms with van der Waals surface area (Å²) in [6.07, 6.45) is 3.12. The van der Waals surface area contributed by atoms with Crippen LogP contribution in [0.1, 0.15) is 23.8 Å². The van der Waals surface area contributed by atoms with Crippen LogP contribution in [0.15, 0.2) is 36.5 Å². The molecule has 0 atom stereocenters. The Kier molecular flexibility index (Phi) is 5.55. The van der Waals surface area contributed by atoms with Crippen molar-refractivity contribution >= 4 is 28.2 Å². The molecule has 0 radical (unpaired) electrons. The average molecular weight is 278 g/mol. The quantitative estimate of drug-likeness (QED) is 0.812. The Bertz CT molecular complexity index is 454. The molecule has 0 aliphatic heterocycles. The first kappa shape index (κ1) is 13.4. The molecule has 1 aromatic carbocycles. The van der Waals surface area contributed by atoms with Crippen LogP contribution in [-0.2, 0) is 11.5 Å². The van der Waals surface area contributed by atoms with E-state index in [1.165, 1.54) is 10.4 Å². The molecular formula is C14H18N2S2. The van der Waals surface area contributed by atoms with Gasteiger partial charge in [0, 0.05) is 29.1 Å². The van der Waals surface area contributed by atoms with Crippen molar-refractivity contribution in [2.45, 2.75) is 24.9 Å². The topological polar surface area (TPSA) is 24.9 Å². The summed E-state index contributed by atoms with van der Waals surface area (Å²) >= 11 is 3.70. The van der Waals surface area contributed by atoms with E-state index in [9.17, 15) is 0 Å². The number of hydrogen-bond acceptors (Lipinski definition) is 4. The Morgan fingerprint density at radius 2 is 2.06 bits per heavy atom. The summed E-state index contributed by atoms with van der Waals surface area (Å²) in [5, 5.41) is 4.37. The molecule has 0 amide bonds. The molecular weight excluding hydrogens is 260 g/mol. The van der Waals surface area contributed by atoms with E-state index >= 15 is 0 Å². The van der Waals surface area contributed by atoms with Crippen LogP contribution in [0.25, 0.3) is 0 Å². The van der Waals surface area contributed by atoms with Gasteiger partial charge in [-0.2, -0.15) is 11.8 Å². The van der Waals surface area contributed by atoms with Gasteiger partial charge in [0.05, 0.1) is 0 Å².